The number of nitrogens with one attached hydrogen (secondary N) is 1. The summed E-state index contributed by atoms with van der Waals surface area (Å²) in [4.78, 5) is 34.3. The third-order valence-electron chi connectivity index (χ3n) is 2.68. The van der Waals surface area contributed by atoms with Crippen LogP contribution in [-0.2, 0) is 14.3 Å². The summed E-state index contributed by atoms with van der Waals surface area (Å²) in [5.41, 5.74) is 1.21. The predicted molar refractivity (Wildman–Crippen MR) is 83.6 cm³/mol. The number of amides is 1. The van der Waals surface area contributed by atoms with Gasteiger partial charge in [-0.25, -0.2) is 0 Å². The average Bonchev–Trinajstić information content (AvgIpc) is 2.45. The van der Waals surface area contributed by atoms with Gasteiger partial charge in [0.1, 0.15) is 0 Å². The molecule has 0 aromatic heterocycles. The van der Waals surface area contributed by atoms with E-state index in [-0.39, 0.29) is 28.7 Å². The number of carbonyl (C=O) groups is 3. The number of benzene rings is 1. The van der Waals surface area contributed by atoms with E-state index in [2.05, 4.69) is 5.32 Å². The number of Topliss-reactive ketones (excluding diaryl/α,β-unsaturated/α-hetero) is 1. The number of anilines is 1. The van der Waals surface area contributed by atoms with E-state index in [1.54, 1.807) is 38.1 Å². The van der Waals surface area contributed by atoms with E-state index in [4.69, 9.17) is 4.74 Å². The molecule has 0 radical (unpaired) electrons. The molecule has 1 N–H and O–H groups in total. The topological polar surface area (TPSA) is 72.5 Å². The number of esters is 1. The van der Waals surface area contributed by atoms with Crippen LogP contribution >= 0.6 is 11.8 Å². The fourth-order valence-corrected chi connectivity index (χ4v) is 2.18. The van der Waals surface area contributed by atoms with Crippen LogP contribution in [0, 0.1) is 0 Å². The van der Waals surface area contributed by atoms with Crippen molar-refractivity contribution in [2.24, 2.45) is 0 Å². The Kier molecular flexibility index (Phi) is 6.94. The standard InChI is InChI=1S/C15H19NO4S/c1-4-20-14(18)9-21-11(3)15(19)16-13-7-5-12(6-8-13)10(2)17/h5-8,11H,4,9H2,1-3H3,(H,16,19). The minimum Gasteiger partial charge on any atom is -0.465 e. The Morgan fingerprint density at radius 1 is 1.24 bits per heavy atom. The van der Waals surface area contributed by atoms with Crippen molar-refractivity contribution in [3.63, 3.8) is 0 Å². The molecule has 0 aliphatic rings. The molecule has 1 aromatic carbocycles. The quantitative estimate of drug-likeness (QED) is 0.619. The maximum Gasteiger partial charge on any atom is 0.315 e. The first-order chi connectivity index (χ1) is 9.93. The molecule has 1 amide bonds. The first-order valence-electron chi connectivity index (χ1n) is 6.63. The summed E-state index contributed by atoms with van der Waals surface area (Å²) in [5, 5.41) is 2.37. The molecule has 0 aliphatic heterocycles. The van der Waals surface area contributed by atoms with Gasteiger partial charge in [-0.2, -0.15) is 0 Å². The summed E-state index contributed by atoms with van der Waals surface area (Å²) in [5.74, 6) is -0.398. The third kappa shape index (κ3) is 5.99. The monoisotopic (exact) mass is 309 g/mol. The van der Waals surface area contributed by atoms with Crippen molar-refractivity contribution in [2.75, 3.05) is 17.7 Å². The van der Waals surface area contributed by atoms with Gasteiger partial charge in [-0.1, -0.05) is 0 Å². The van der Waals surface area contributed by atoms with Gasteiger partial charge in [0.25, 0.3) is 0 Å². The van der Waals surface area contributed by atoms with E-state index in [1.165, 1.54) is 18.7 Å². The number of carbonyl (C=O) groups excluding carboxylic acids is 3. The van der Waals surface area contributed by atoms with E-state index < -0.39 is 0 Å². The second-order valence-electron chi connectivity index (χ2n) is 4.38. The summed E-state index contributed by atoms with van der Waals surface area (Å²) < 4.78 is 4.80. The summed E-state index contributed by atoms with van der Waals surface area (Å²) in [6.07, 6.45) is 0. The Balaban J connectivity index is 2.48. The van der Waals surface area contributed by atoms with E-state index in [0.29, 0.717) is 17.9 Å². The fraction of sp³-hybridized carbons (Fsp3) is 0.400. The lowest BCUT2D eigenvalue weighted by molar-refractivity contribution is -0.139. The minimum absolute atomic E-state index is 0.0220. The van der Waals surface area contributed by atoms with Gasteiger partial charge in [0.05, 0.1) is 17.6 Å². The molecule has 6 heteroatoms. The van der Waals surface area contributed by atoms with Crippen LogP contribution in [0.25, 0.3) is 0 Å². The van der Waals surface area contributed by atoms with Gasteiger partial charge in [-0.05, 0) is 45.0 Å². The van der Waals surface area contributed by atoms with Crippen molar-refractivity contribution < 1.29 is 19.1 Å². The first-order valence-corrected chi connectivity index (χ1v) is 7.68. The van der Waals surface area contributed by atoms with Crippen LogP contribution in [-0.4, -0.2) is 35.3 Å². The number of ether oxygens (including phenoxy) is 1. The Morgan fingerprint density at radius 2 is 1.86 bits per heavy atom. The molecule has 0 saturated carbocycles. The zero-order valence-electron chi connectivity index (χ0n) is 12.3. The second-order valence-corrected chi connectivity index (χ2v) is 5.71. The molecule has 114 valence electrons. The molecule has 0 heterocycles. The van der Waals surface area contributed by atoms with Crippen LogP contribution in [0.1, 0.15) is 31.1 Å². The highest BCUT2D eigenvalue weighted by atomic mass is 32.2. The van der Waals surface area contributed by atoms with Gasteiger partial charge in [0.2, 0.25) is 5.91 Å². The zero-order chi connectivity index (χ0) is 15.8. The van der Waals surface area contributed by atoms with Crippen molar-refractivity contribution >= 4 is 35.1 Å². The molecule has 1 unspecified atom stereocenters. The largest absolute Gasteiger partial charge is 0.465 e. The smallest absolute Gasteiger partial charge is 0.315 e. The summed E-state index contributed by atoms with van der Waals surface area (Å²) in [7, 11) is 0. The number of rotatable bonds is 7. The van der Waals surface area contributed by atoms with Gasteiger partial charge in [-0.3, -0.25) is 14.4 Å². The van der Waals surface area contributed by atoms with Gasteiger partial charge >= 0.3 is 5.97 Å². The van der Waals surface area contributed by atoms with E-state index in [1.807, 2.05) is 0 Å². The van der Waals surface area contributed by atoms with Crippen molar-refractivity contribution in [2.45, 2.75) is 26.0 Å². The number of hydrogen-bond donors (Lipinski definition) is 1. The van der Waals surface area contributed by atoms with Crippen LogP contribution in [0.4, 0.5) is 5.69 Å². The molecule has 5 nitrogen and oxygen atoms in total. The average molecular weight is 309 g/mol. The Morgan fingerprint density at radius 3 is 2.38 bits per heavy atom. The lowest BCUT2D eigenvalue weighted by Gasteiger charge is -2.11. The van der Waals surface area contributed by atoms with Crippen LogP contribution in [0.15, 0.2) is 24.3 Å². The Labute approximate surface area is 128 Å². The van der Waals surface area contributed by atoms with Crippen molar-refractivity contribution in [1.29, 1.82) is 0 Å². The molecule has 1 rings (SSSR count). The van der Waals surface area contributed by atoms with Gasteiger partial charge in [-0.15, -0.1) is 11.8 Å². The normalized spacial score (nSPS) is 11.6. The van der Waals surface area contributed by atoms with E-state index in [0.717, 1.165) is 0 Å². The SMILES string of the molecule is CCOC(=O)CSC(C)C(=O)Nc1ccc(C(C)=O)cc1. The molecule has 0 fully saturated rings. The molecule has 0 spiro atoms. The maximum absolute atomic E-state index is 12.0. The van der Waals surface area contributed by atoms with Crippen LogP contribution in [0.3, 0.4) is 0 Å². The summed E-state index contributed by atoms with van der Waals surface area (Å²) >= 11 is 1.22. The maximum atomic E-state index is 12.0. The molecule has 1 atom stereocenters. The highest BCUT2D eigenvalue weighted by Gasteiger charge is 2.15. The number of ketones is 1. The Hall–Kier alpha value is -1.82. The lowest BCUT2D eigenvalue weighted by Crippen LogP contribution is -2.24. The van der Waals surface area contributed by atoms with Crippen molar-refractivity contribution in [1.82, 2.24) is 0 Å². The van der Waals surface area contributed by atoms with Crippen LogP contribution in [0.5, 0.6) is 0 Å². The van der Waals surface area contributed by atoms with E-state index >= 15 is 0 Å². The van der Waals surface area contributed by atoms with Gasteiger partial charge in [0, 0.05) is 11.3 Å². The third-order valence-corrected chi connectivity index (χ3v) is 3.80. The molecule has 0 bridgehead atoms. The molecule has 1 aromatic rings. The Bertz CT molecular complexity index is 513. The van der Waals surface area contributed by atoms with Crippen molar-refractivity contribution in [3.05, 3.63) is 29.8 Å². The second kappa shape index (κ2) is 8.46. The number of hydrogen-bond acceptors (Lipinski definition) is 5. The van der Waals surface area contributed by atoms with Crippen molar-refractivity contribution in [3.8, 4) is 0 Å². The highest BCUT2D eigenvalue weighted by molar-refractivity contribution is 8.01. The van der Waals surface area contributed by atoms with E-state index in [9.17, 15) is 14.4 Å². The number of thioether (sulfide) groups is 1. The summed E-state index contributed by atoms with van der Waals surface area (Å²) in [6, 6.07) is 6.68. The fourth-order valence-electron chi connectivity index (χ4n) is 1.50. The highest BCUT2D eigenvalue weighted by Crippen LogP contribution is 2.15. The predicted octanol–water partition coefficient (Wildman–Crippen LogP) is 2.51. The minimum atomic E-state index is -0.373. The van der Waals surface area contributed by atoms with Gasteiger partial charge in [0.15, 0.2) is 5.78 Å². The molecular formula is C15H19NO4S. The molecule has 0 saturated heterocycles. The molecular weight excluding hydrogens is 290 g/mol. The van der Waals surface area contributed by atoms with Crippen LogP contribution < -0.4 is 5.32 Å². The lowest BCUT2D eigenvalue weighted by atomic mass is 10.1. The molecule has 21 heavy (non-hydrogen) atoms. The molecule has 0 aliphatic carbocycles. The first kappa shape index (κ1) is 17.2. The zero-order valence-corrected chi connectivity index (χ0v) is 13.2. The van der Waals surface area contributed by atoms with Crippen LogP contribution in [0.2, 0.25) is 0 Å². The summed E-state index contributed by atoms with van der Waals surface area (Å²) in [6.45, 7) is 5.29. The van der Waals surface area contributed by atoms with Gasteiger partial charge < -0.3 is 10.1 Å².